The molecule has 0 saturated carbocycles. The van der Waals surface area contributed by atoms with Gasteiger partial charge in [-0.1, -0.05) is 48.5 Å². The molecule has 4 rings (SSSR count). The lowest BCUT2D eigenvalue weighted by Crippen LogP contribution is -2.30. The van der Waals surface area contributed by atoms with Crippen LogP contribution in [0.3, 0.4) is 0 Å². The first kappa shape index (κ1) is 13.0. The molecule has 4 aromatic rings. The summed E-state index contributed by atoms with van der Waals surface area (Å²) < 4.78 is 2.20. The van der Waals surface area contributed by atoms with Crippen LogP contribution in [0, 0.1) is 6.92 Å². The van der Waals surface area contributed by atoms with Crippen molar-refractivity contribution in [2.24, 2.45) is 7.05 Å². The largest absolute Gasteiger partial charge is 0.213 e. The minimum absolute atomic E-state index is 1.25. The topological polar surface area (TPSA) is 3.88 Å². The molecule has 22 heavy (non-hydrogen) atoms. The second kappa shape index (κ2) is 4.96. The maximum atomic E-state index is 2.23. The van der Waals surface area contributed by atoms with Gasteiger partial charge in [-0.3, -0.25) is 0 Å². The Kier molecular flexibility index (Phi) is 2.93. The fourth-order valence-electron chi connectivity index (χ4n) is 3.31. The molecule has 0 saturated heterocycles. The van der Waals surface area contributed by atoms with Gasteiger partial charge in [-0.2, -0.15) is 0 Å². The van der Waals surface area contributed by atoms with Gasteiger partial charge in [0, 0.05) is 17.5 Å². The SMILES string of the molecule is Cc1ccc2ccc3ccccc3c2c1-c1cccc[n+]1C. The molecule has 106 valence electrons. The summed E-state index contributed by atoms with van der Waals surface area (Å²) in [4.78, 5) is 0. The summed E-state index contributed by atoms with van der Waals surface area (Å²) in [5, 5.41) is 5.26. The molecule has 1 nitrogen and oxygen atoms in total. The molecule has 0 bridgehead atoms. The first-order valence-corrected chi connectivity index (χ1v) is 7.62. The predicted octanol–water partition coefficient (Wildman–Crippen LogP) is 4.79. The Hall–Kier alpha value is -2.67. The second-order valence-electron chi connectivity index (χ2n) is 5.84. The van der Waals surface area contributed by atoms with Gasteiger partial charge < -0.3 is 0 Å². The zero-order chi connectivity index (χ0) is 15.1. The number of rotatable bonds is 1. The number of aromatic nitrogens is 1. The highest BCUT2D eigenvalue weighted by molar-refractivity contribution is 6.14. The van der Waals surface area contributed by atoms with Gasteiger partial charge in [0.25, 0.3) is 0 Å². The van der Waals surface area contributed by atoms with Crippen molar-refractivity contribution in [3.63, 3.8) is 0 Å². The molecule has 0 amide bonds. The van der Waals surface area contributed by atoms with E-state index in [-0.39, 0.29) is 0 Å². The highest BCUT2D eigenvalue weighted by Crippen LogP contribution is 2.35. The van der Waals surface area contributed by atoms with Gasteiger partial charge >= 0.3 is 0 Å². The molecule has 1 heterocycles. The number of hydrogen-bond donors (Lipinski definition) is 0. The summed E-state index contributed by atoms with van der Waals surface area (Å²) in [5.41, 5.74) is 3.89. The first-order chi connectivity index (χ1) is 10.8. The highest BCUT2D eigenvalue weighted by atomic mass is 14.9. The number of fused-ring (bicyclic) bond motifs is 3. The average molecular weight is 284 g/mol. The molecular formula is C21H18N+. The number of hydrogen-bond acceptors (Lipinski definition) is 0. The van der Waals surface area contributed by atoms with E-state index in [1.54, 1.807) is 0 Å². The number of nitrogens with zero attached hydrogens (tertiary/aromatic N) is 1. The van der Waals surface area contributed by atoms with Gasteiger partial charge in [-0.25, -0.2) is 4.57 Å². The Labute approximate surface area is 130 Å². The summed E-state index contributed by atoms with van der Waals surface area (Å²) >= 11 is 0. The highest BCUT2D eigenvalue weighted by Gasteiger charge is 2.16. The van der Waals surface area contributed by atoms with E-state index < -0.39 is 0 Å². The van der Waals surface area contributed by atoms with E-state index in [1.807, 2.05) is 0 Å². The number of pyridine rings is 1. The maximum absolute atomic E-state index is 2.23. The Morgan fingerprint density at radius 1 is 0.727 bits per heavy atom. The molecule has 0 aliphatic rings. The van der Waals surface area contributed by atoms with Crippen molar-refractivity contribution in [3.05, 3.63) is 78.5 Å². The monoisotopic (exact) mass is 284 g/mol. The van der Waals surface area contributed by atoms with Crippen molar-refractivity contribution < 1.29 is 4.57 Å². The third-order valence-corrected chi connectivity index (χ3v) is 4.43. The van der Waals surface area contributed by atoms with Crippen molar-refractivity contribution in [3.8, 4) is 11.3 Å². The van der Waals surface area contributed by atoms with E-state index in [0.29, 0.717) is 0 Å². The van der Waals surface area contributed by atoms with E-state index in [1.165, 1.54) is 38.4 Å². The lowest BCUT2D eigenvalue weighted by Gasteiger charge is -2.11. The minimum Gasteiger partial charge on any atom is -0.201 e. The predicted molar refractivity (Wildman–Crippen MR) is 92.8 cm³/mol. The van der Waals surface area contributed by atoms with Crippen LogP contribution < -0.4 is 4.57 Å². The molecule has 0 radical (unpaired) electrons. The molecule has 0 unspecified atom stereocenters. The molecule has 1 heteroatoms. The Balaban J connectivity index is 2.24. The van der Waals surface area contributed by atoms with E-state index in [2.05, 4.69) is 91.5 Å². The van der Waals surface area contributed by atoms with Crippen LogP contribution in [-0.2, 0) is 7.05 Å². The van der Waals surface area contributed by atoms with Gasteiger partial charge in [-0.15, -0.1) is 0 Å². The van der Waals surface area contributed by atoms with Crippen LogP contribution in [0.25, 0.3) is 32.8 Å². The van der Waals surface area contributed by atoms with Crippen molar-refractivity contribution in [2.75, 3.05) is 0 Å². The second-order valence-corrected chi connectivity index (χ2v) is 5.84. The lowest BCUT2D eigenvalue weighted by atomic mass is 9.92. The molecule has 0 aliphatic carbocycles. The minimum atomic E-state index is 1.25. The molecule has 0 spiro atoms. The zero-order valence-electron chi connectivity index (χ0n) is 12.9. The van der Waals surface area contributed by atoms with Crippen molar-refractivity contribution in [1.82, 2.24) is 0 Å². The summed E-state index contributed by atoms with van der Waals surface area (Å²) in [6.07, 6.45) is 2.11. The summed E-state index contributed by atoms with van der Waals surface area (Å²) in [7, 11) is 2.11. The van der Waals surface area contributed by atoms with Crippen LogP contribution in [0.15, 0.2) is 72.9 Å². The average Bonchev–Trinajstić information content (AvgIpc) is 2.55. The van der Waals surface area contributed by atoms with Crippen LogP contribution in [0.5, 0.6) is 0 Å². The molecule has 0 fully saturated rings. The molecule has 1 aromatic heterocycles. The van der Waals surface area contributed by atoms with Gasteiger partial charge in [0.05, 0.1) is 5.56 Å². The van der Waals surface area contributed by atoms with Crippen molar-refractivity contribution in [1.29, 1.82) is 0 Å². The Morgan fingerprint density at radius 2 is 1.45 bits per heavy atom. The van der Waals surface area contributed by atoms with Crippen LogP contribution in [0.2, 0.25) is 0 Å². The molecule has 0 N–H and O–H groups in total. The van der Waals surface area contributed by atoms with Crippen LogP contribution >= 0.6 is 0 Å². The third-order valence-electron chi connectivity index (χ3n) is 4.43. The van der Waals surface area contributed by atoms with E-state index >= 15 is 0 Å². The standard InChI is InChI=1S/C21H18N/c1-15-10-11-17-13-12-16-7-3-4-8-18(16)21(17)20(15)19-9-5-6-14-22(19)2/h3-14H,1-2H3/q+1. The Bertz CT molecular complexity index is 999. The summed E-state index contributed by atoms with van der Waals surface area (Å²) in [6, 6.07) is 23.9. The van der Waals surface area contributed by atoms with Gasteiger partial charge in [0.1, 0.15) is 7.05 Å². The number of benzene rings is 3. The maximum Gasteiger partial charge on any atom is 0.213 e. The molecule has 3 aromatic carbocycles. The fourth-order valence-corrected chi connectivity index (χ4v) is 3.31. The van der Waals surface area contributed by atoms with E-state index in [9.17, 15) is 0 Å². The van der Waals surface area contributed by atoms with Crippen molar-refractivity contribution in [2.45, 2.75) is 6.92 Å². The van der Waals surface area contributed by atoms with Gasteiger partial charge in [0.2, 0.25) is 5.69 Å². The fraction of sp³-hybridized carbons (Fsp3) is 0.0952. The van der Waals surface area contributed by atoms with Gasteiger partial charge in [-0.05, 0) is 34.7 Å². The van der Waals surface area contributed by atoms with E-state index in [4.69, 9.17) is 0 Å². The molecule has 0 atom stereocenters. The number of aryl methyl sites for hydroxylation is 2. The Morgan fingerprint density at radius 3 is 2.32 bits per heavy atom. The summed E-state index contributed by atoms with van der Waals surface area (Å²) in [5.74, 6) is 0. The van der Waals surface area contributed by atoms with Crippen LogP contribution in [0.4, 0.5) is 0 Å². The molecular weight excluding hydrogens is 266 g/mol. The third kappa shape index (κ3) is 1.90. The summed E-state index contributed by atoms with van der Waals surface area (Å²) in [6.45, 7) is 2.20. The first-order valence-electron chi connectivity index (χ1n) is 7.62. The van der Waals surface area contributed by atoms with Crippen LogP contribution in [0.1, 0.15) is 5.56 Å². The van der Waals surface area contributed by atoms with Crippen molar-refractivity contribution >= 4 is 21.5 Å². The molecule has 0 aliphatic heterocycles. The van der Waals surface area contributed by atoms with Crippen LogP contribution in [-0.4, -0.2) is 0 Å². The smallest absolute Gasteiger partial charge is 0.201 e. The quantitative estimate of drug-likeness (QED) is 0.349. The van der Waals surface area contributed by atoms with E-state index in [0.717, 1.165) is 0 Å². The normalized spacial score (nSPS) is 11.2. The van der Waals surface area contributed by atoms with Gasteiger partial charge in [0.15, 0.2) is 6.20 Å². The lowest BCUT2D eigenvalue weighted by molar-refractivity contribution is -0.660. The zero-order valence-corrected chi connectivity index (χ0v) is 12.9.